The molecule has 0 amide bonds. The maximum Gasteiger partial charge on any atom is 0.160 e. The Morgan fingerprint density at radius 3 is 3.24 bits per heavy atom. The van der Waals surface area contributed by atoms with Crippen molar-refractivity contribution in [2.45, 2.75) is 24.8 Å². The van der Waals surface area contributed by atoms with Crippen molar-refractivity contribution >= 4 is 22.8 Å². The Balaban J connectivity index is 2.11. The van der Waals surface area contributed by atoms with Gasteiger partial charge in [-0.2, -0.15) is 0 Å². The predicted molar refractivity (Wildman–Crippen MR) is 66.2 cm³/mol. The molecule has 4 nitrogen and oxygen atoms in total. The van der Waals surface area contributed by atoms with Crippen LogP contribution >= 0.6 is 11.6 Å². The number of hydrogen-bond acceptors (Lipinski definition) is 3. The van der Waals surface area contributed by atoms with Gasteiger partial charge in [0.05, 0.1) is 18.5 Å². The standard InChI is InChI=1S/C12H14ClN3O/c13-7-11-15-10-4-1-5-14-12(10)16(11)9-3-2-6-17-8-9/h1,4-5,9H,2-3,6-8H2. The quantitative estimate of drug-likeness (QED) is 0.770. The highest BCUT2D eigenvalue weighted by atomic mass is 35.5. The van der Waals surface area contributed by atoms with E-state index in [0.29, 0.717) is 11.9 Å². The normalized spacial score (nSPS) is 20.9. The molecule has 5 heteroatoms. The van der Waals surface area contributed by atoms with Gasteiger partial charge in [0.15, 0.2) is 5.65 Å². The van der Waals surface area contributed by atoms with Crippen molar-refractivity contribution in [1.82, 2.24) is 14.5 Å². The number of fused-ring (bicyclic) bond motifs is 1. The monoisotopic (exact) mass is 251 g/mol. The zero-order valence-corrected chi connectivity index (χ0v) is 10.2. The molecular weight excluding hydrogens is 238 g/mol. The largest absolute Gasteiger partial charge is 0.379 e. The van der Waals surface area contributed by atoms with Crippen LogP contribution in [0.4, 0.5) is 0 Å². The molecule has 1 aliphatic heterocycles. The fourth-order valence-corrected chi connectivity index (χ4v) is 2.57. The number of rotatable bonds is 2. The molecule has 3 rings (SSSR count). The first-order valence-corrected chi connectivity index (χ1v) is 6.39. The van der Waals surface area contributed by atoms with Gasteiger partial charge in [-0.05, 0) is 25.0 Å². The third kappa shape index (κ3) is 1.91. The molecular formula is C12H14ClN3O. The first kappa shape index (κ1) is 11.0. The topological polar surface area (TPSA) is 39.9 Å². The lowest BCUT2D eigenvalue weighted by molar-refractivity contribution is 0.0595. The van der Waals surface area contributed by atoms with Gasteiger partial charge in [-0.15, -0.1) is 11.6 Å². The molecule has 1 atom stereocenters. The molecule has 2 aromatic rings. The number of aromatic nitrogens is 3. The van der Waals surface area contributed by atoms with Gasteiger partial charge in [-0.3, -0.25) is 0 Å². The number of pyridine rings is 1. The number of imidazole rings is 1. The van der Waals surface area contributed by atoms with Gasteiger partial charge in [0.1, 0.15) is 11.3 Å². The van der Waals surface area contributed by atoms with E-state index >= 15 is 0 Å². The minimum atomic E-state index is 0.317. The van der Waals surface area contributed by atoms with Gasteiger partial charge in [0, 0.05) is 12.8 Å². The van der Waals surface area contributed by atoms with Crippen LogP contribution in [-0.4, -0.2) is 27.7 Å². The van der Waals surface area contributed by atoms with Crippen LogP contribution in [0.3, 0.4) is 0 Å². The summed E-state index contributed by atoms with van der Waals surface area (Å²) in [5.74, 6) is 1.29. The molecule has 17 heavy (non-hydrogen) atoms. The molecule has 1 fully saturated rings. The van der Waals surface area contributed by atoms with E-state index in [-0.39, 0.29) is 0 Å². The second-order valence-corrected chi connectivity index (χ2v) is 4.52. The third-order valence-electron chi connectivity index (χ3n) is 3.14. The molecule has 90 valence electrons. The van der Waals surface area contributed by atoms with Crippen LogP contribution in [0, 0.1) is 0 Å². The van der Waals surface area contributed by atoms with Crippen LogP contribution in [-0.2, 0) is 10.6 Å². The summed E-state index contributed by atoms with van der Waals surface area (Å²) in [6, 6.07) is 4.19. The summed E-state index contributed by atoms with van der Waals surface area (Å²) in [5.41, 5.74) is 1.83. The molecule has 3 heterocycles. The Bertz CT molecular complexity index is 519. The van der Waals surface area contributed by atoms with E-state index in [9.17, 15) is 0 Å². The number of alkyl halides is 1. The summed E-state index contributed by atoms with van der Waals surface area (Å²) >= 11 is 5.97. The Labute approximate surface area is 105 Å². The summed E-state index contributed by atoms with van der Waals surface area (Å²) in [7, 11) is 0. The van der Waals surface area contributed by atoms with Gasteiger partial charge in [-0.1, -0.05) is 0 Å². The summed E-state index contributed by atoms with van der Waals surface area (Å²) < 4.78 is 7.68. The first-order chi connectivity index (χ1) is 8.40. The predicted octanol–water partition coefficient (Wildman–Crippen LogP) is 2.52. The van der Waals surface area contributed by atoms with Crippen LogP contribution in [0.25, 0.3) is 11.2 Å². The van der Waals surface area contributed by atoms with Crippen molar-refractivity contribution in [3.05, 3.63) is 24.2 Å². The van der Waals surface area contributed by atoms with E-state index in [2.05, 4.69) is 14.5 Å². The molecule has 1 saturated heterocycles. The van der Waals surface area contributed by atoms with Gasteiger partial charge < -0.3 is 9.30 Å². The average Bonchev–Trinajstić information content (AvgIpc) is 2.78. The smallest absolute Gasteiger partial charge is 0.160 e. The van der Waals surface area contributed by atoms with Crippen molar-refractivity contribution in [3.63, 3.8) is 0 Å². The highest BCUT2D eigenvalue weighted by Crippen LogP contribution is 2.26. The lowest BCUT2D eigenvalue weighted by Crippen LogP contribution is -2.22. The summed E-state index contributed by atoms with van der Waals surface area (Å²) in [5, 5.41) is 0. The van der Waals surface area contributed by atoms with Gasteiger partial charge in [0.25, 0.3) is 0 Å². The van der Waals surface area contributed by atoms with E-state index in [1.165, 1.54) is 0 Å². The summed E-state index contributed by atoms with van der Waals surface area (Å²) in [6.07, 6.45) is 3.98. The second-order valence-electron chi connectivity index (χ2n) is 4.25. The third-order valence-corrected chi connectivity index (χ3v) is 3.38. The number of ether oxygens (including phenoxy) is 1. The Morgan fingerprint density at radius 2 is 2.47 bits per heavy atom. The first-order valence-electron chi connectivity index (χ1n) is 5.85. The van der Waals surface area contributed by atoms with Crippen LogP contribution in [0.15, 0.2) is 18.3 Å². The lowest BCUT2D eigenvalue weighted by Gasteiger charge is -2.24. The average molecular weight is 252 g/mol. The van der Waals surface area contributed by atoms with E-state index in [0.717, 1.165) is 43.0 Å². The van der Waals surface area contributed by atoms with E-state index in [4.69, 9.17) is 16.3 Å². The number of nitrogens with zero attached hydrogens (tertiary/aromatic N) is 3. The molecule has 1 unspecified atom stereocenters. The summed E-state index contributed by atoms with van der Waals surface area (Å²) in [4.78, 5) is 8.93. The molecule has 0 bridgehead atoms. The van der Waals surface area contributed by atoms with Crippen LogP contribution in [0.2, 0.25) is 0 Å². The number of hydrogen-bond donors (Lipinski definition) is 0. The molecule has 0 radical (unpaired) electrons. The Morgan fingerprint density at radius 1 is 1.53 bits per heavy atom. The molecule has 0 aliphatic carbocycles. The molecule has 0 spiro atoms. The van der Waals surface area contributed by atoms with Gasteiger partial charge in [-0.25, -0.2) is 9.97 Å². The van der Waals surface area contributed by atoms with Gasteiger partial charge in [0.2, 0.25) is 0 Å². The second kappa shape index (κ2) is 4.63. The van der Waals surface area contributed by atoms with E-state index in [1.807, 2.05) is 12.1 Å². The van der Waals surface area contributed by atoms with Gasteiger partial charge >= 0.3 is 0 Å². The van der Waals surface area contributed by atoms with Crippen molar-refractivity contribution in [1.29, 1.82) is 0 Å². The molecule has 1 aliphatic rings. The Hall–Kier alpha value is -1.13. The van der Waals surface area contributed by atoms with Crippen molar-refractivity contribution in [2.75, 3.05) is 13.2 Å². The number of halogens is 1. The zero-order chi connectivity index (χ0) is 11.7. The van der Waals surface area contributed by atoms with Crippen molar-refractivity contribution in [2.24, 2.45) is 0 Å². The molecule has 0 aromatic carbocycles. The highest BCUT2D eigenvalue weighted by molar-refractivity contribution is 6.16. The van der Waals surface area contributed by atoms with E-state index < -0.39 is 0 Å². The minimum absolute atomic E-state index is 0.317. The SMILES string of the molecule is ClCc1nc2cccnc2n1C1CCCOC1. The fourth-order valence-electron chi connectivity index (χ4n) is 2.38. The highest BCUT2D eigenvalue weighted by Gasteiger charge is 2.21. The van der Waals surface area contributed by atoms with Crippen molar-refractivity contribution < 1.29 is 4.74 Å². The van der Waals surface area contributed by atoms with Crippen LogP contribution in [0.1, 0.15) is 24.7 Å². The molecule has 0 saturated carbocycles. The molecule has 2 aromatic heterocycles. The summed E-state index contributed by atoms with van der Waals surface area (Å²) in [6.45, 7) is 1.58. The maximum atomic E-state index is 5.97. The van der Waals surface area contributed by atoms with Crippen molar-refractivity contribution in [3.8, 4) is 0 Å². The fraction of sp³-hybridized carbons (Fsp3) is 0.500. The molecule has 0 N–H and O–H groups in total. The van der Waals surface area contributed by atoms with Crippen LogP contribution < -0.4 is 0 Å². The Kier molecular flexibility index (Phi) is 2.99. The minimum Gasteiger partial charge on any atom is -0.379 e. The van der Waals surface area contributed by atoms with Crippen LogP contribution in [0.5, 0.6) is 0 Å². The zero-order valence-electron chi connectivity index (χ0n) is 9.47. The maximum absolute atomic E-state index is 5.97. The van der Waals surface area contributed by atoms with E-state index in [1.54, 1.807) is 6.20 Å². The lowest BCUT2D eigenvalue weighted by atomic mass is 10.1.